The molecule has 0 spiro atoms. The molecule has 0 saturated heterocycles. The van der Waals surface area contributed by atoms with Gasteiger partial charge in [0.15, 0.2) is 0 Å². The molecule has 1 aromatic rings. The van der Waals surface area contributed by atoms with E-state index in [9.17, 15) is 17.6 Å². The second-order valence-electron chi connectivity index (χ2n) is 4.79. The minimum Gasteiger partial charge on any atom is -0.327 e. The zero-order chi connectivity index (χ0) is 13.3. The van der Waals surface area contributed by atoms with Gasteiger partial charge in [-0.1, -0.05) is 18.9 Å². The SMILES string of the molecule is NC1CCCCC1c1ccc(F)c(C(F)(F)F)c1. The third kappa shape index (κ3) is 2.66. The van der Waals surface area contributed by atoms with Crippen LogP contribution in [0.15, 0.2) is 18.2 Å². The van der Waals surface area contributed by atoms with Crippen molar-refractivity contribution >= 4 is 0 Å². The lowest BCUT2D eigenvalue weighted by Gasteiger charge is -2.29. The van der Waals surface area contributed by atoms with Crippen LogP contribution in [0.2, 0.25) is 0 Å². The topological polar surface area (TPSA) is 26.0 Å². The molecule has 5 heteroatoms. The van der Waals surface area contributed by atoms with Crippen LogP contribution in [-0.4, -0.2) is 6.04 Å². The van der Waals surface area contributed by atoms with Gasteiger partial charge in [0.1, 0.15) is 5.82 Å². The summed E-state index contributed by atoms with van der Waals surface area (Å²) >= 11 is 0. The van der Waals surface area contributed by atoms with E-state index in [2.05, 4.69) is 0 Å². The van der Waals surface area contributed by atoms with E-state index in [1.807, 2.05) is 0 Å². The fourth-order valence-electron chi connectivity index (χ4n) is 2.56. The summed E-state index contributed by atoms with van der Waals surface area (Å²) in [5, 5.41) is 0. The van der Waals surface area contributed by atoms with Crippen molar-refractivity contribution in [2.75, 3.05) is 0 Å². The van der Waals surface area contributed by atoms with Crippen molar-refractivity contribution in [2.45, 2.75) is 43.8 Å². The molecule has 1 aliphatic rings. The van der Waals surface area contributed by atoms with Crippen LogP contribution >= 0.6 is 0 Å². The predicted octanol–water partition coefficient (Wildman–Crippen LogP) is 3.83. The Morgan fingerprint density at radius 3 is 2.39 bits per heavy atom. The van der Waals surface area contributed by atoms with E-state index in [1.54, 1.807) is 0 Å². The van der Waals surface area contributed by atoms with E-state index in [4.69, 9.17) is 5.73 Å². The fourth-order valence-corrected chi connectivity index (χ4v) is 2.56. The number of alkyl halides is 3. The van der Waals surface area contributed by atoms with Crippen LogP contribution in [0.1, 0.15) is 42.7 Å². The fraction of sp³-hybridized carbons (Fsp3) is 0.538. The minimum absolute atomic E-state index is 0.0968. The lowest BCUT2D eigenvalue weighted by molar-refractivity contribution is -0.140. The molecule has 100 valence electrons. The summed E-state index contributed by atoms with van der Waals surface area (Å²) in [6, 6.07) is 3.08. The van der Waals surface area contributed by atoms with Crippen LogP contribution in [0.4, 0.5) is 17.6 Å². The van der Waals surface area contributed by atoms with E-state index in [1.165, 1.54) is 6.07 Å². The minimum atomic E-state index is -4.65. The molecule has 1 saturated carbocycles. The maximum atomic E-state index is 13.2. The molecular weight excluding hydrogens is 246 g/mol. The maximum Gasteiger partial charge on any atom is 0.419 e. The average molecular weight is 261 g/mol. The molecule has 1 aliphatic carbocycles. The number of nitrogens with two attached hydrogens (primary N) is 1. The number of benzene rings is 1. The monoisotopic (exact) mass is 261 g/mol. The Morgan fingerprint density at radius 2 is 1.78 bits per heavy atom. The van der Waals surface area contributed by atoms with Crippen molar-refractivity contribution in [2.24, 2.45) is 5.73 Å². The molecular formula is C13H15F4N. The number of halogens is 4. The van der Waals surface area contributed by atoms with Gasteiger partial charge in [-0.15, -0.1) is 0 Å². The van der Waals surface area contributed by atoms with E-state index in [0.717, 1.165) is 37.8 Å². The van der Waals surface area contributed by atoms with E-state index < -0.39 is 17.6 Å². The molecule has 0 bridgehead atoms. The summed E-state index contributed by atoms with van der Waals surface area (Å²) in [5.41, 5.74) is 5.23. The largest absolute Gasteiger partial charge is 0.419 e. The highest BCUT2D eigenvalue weighted by atomic mass is 19.4. The van der Waals surface area contributed by atoms with Gasteiger partial charge in [-0.2, -0.15) is 13.2 Å². The van der Waals surface area contributed by atoms with Gasteiger partial charge in [0, 0.05) is 6.04 Å². The Labute approximate surface area is 103 Å². The molecule has 18 heavy (non-hydrogen) atoms. The van der Waals surface area contributed by atoms with Crippen molar-refractivity contribution in [1.29, 1.82) is 0 Å². The quantitative estimate of drug-likeness (QED) is 0.764. The highest BCUT2D eigenvalue weighted by Crippen LogP contribution is 2.37. The zero-order valence-corrected chi connectivity index (χ0v) is 9.80. The van der Waals surface area contributed by atoms with Gasteiger partial charge in [0.25, 0.3) is 0 Å². The summed E-state index contributed by atoms with van der Waals surface area (Å²) in [7, 11) is 0. The van der Waals surface area contributed by atoms with Crippen LogP contribution in [0.5, 0.6) is 0 Å². The van der Waals surface area contributed by atoms with Crippen molar-refractivity contribution in [1.82, 2.24) is 0 Å². The standard InChI is InChI=1S/C13H15F4N/c14-11-6-5-8(7-10(11)13(15,16)17)9-3-1-2-4-12(9)18/h5-7,9,12H,1-4,18H2. The first kappa shape index (κ1) is 13.3. The van der Waals surface area contributed by atoms with Crippen molar-refractivity contribution in [3.63, 3.8) is 0 Å². The molecule has 1 nitrogen and oxygen atoms in total. The van der Waals surface area contributed by atoms with E-state index in [0.29, 0.717) is 5.56 Å². The molecule has 0 heterocycles. The molecule has 2 atom stereocenters. The van der Waals surface area contributed by atoms with Crippen LogP contribution < -0.4 is 5.73 Å². The lowest BCUT2D eigenvalue weighted by atomic mass is 9.80. The zero-order valence-electron chi connectivity index (χ0n) is 9.80. The van der Waals surface area contributed by atoms with E-state index in [-0.39, 0.29) is 12.0 Å². The third-order valence-corrected chi connectivity index (χ3v) is 3.54. The molecule has 0 aromatic heterocycles. The predicted molar refractivity (Wildman–Crippen MR) is 60.6 cm³/mol. The van der Waals surface area contributed by atoms with Gasteiger partial charge in [-0.25, -0.2) is 4.39 Å². The number of rotatable bonds is 1. The van der Waals surface area contributed by atoms with Gasteiger partial charge in [-0.05, 0) is 36.5 Å². The Morgan fingerprint density at radius 1 is 1.11 bits per heavy atom. The third-order valence-electron chi connectivity index (χ3n) is 3.54. The first-order valence-corrected chi connectivity index (χ1v) is 6.02. The Kier molecular flexibility index (Phi) is 3.61. The summed E-state index contributed by atoms with van der Waals surface area (Å²) in [5.74, 6) is -1.32. The summed E-state index contributed by atoms with van der Waals surface area (Å²) in [6.07, 6.45) is -1.12. The van der Waals surface area contributed by atoms with Gasteiger partial charge in [0.05, 0.1) is 5.56 Å². The first-order valence-electron chi connectivity index (χ1n) is 6.02. The first-order chi connectivity index (χ1) is 8.39. The Hall–Kier alpha value is -1.10. The molecule has 2 unspecified atom stereocenters. The average Bonchev–Trinajstić information content (AvgIpc) is 2.29. The van der Waals surface area contributed by atoms with Gasteiger partial charge in [0.2, 0.25) is 0 Å². The molecule has 2 N–H and O–H groups in total. The Balaban J connectivity index is 2.34. The van der Waals surface area contributed by atoms with Crippen LogP contribution in [-0.2, 0) is 6.18 Å². The highest BCUT2D eigenvalue weighted by Gasteiger charge is 2.35. The van der Waals surface area contributed by atoms with Crippen molar-refractivity contribution in [3.05, 3.63) is 35.1 Å². The number of hydrogen-bond acceptors (Lipinski definition) is 1. The molecule has 0 aliphatic heterocycles. The normalized spacial score (nSPS) is 25.2. The van der Waals surface area contributed by atoms with Crippen LogP contribution in [0.25, 0.3) is 0 Å². The molecule has 0 radical (unpaired) electrons. The van der Waals surface area contributed by atoms with Crippen LogP contribution in [0, 0.1) is 5.82 Å². The lowest BCUT2D eigenvalue weighted by Crippen LogP contribution is -2.31. The van der Waals surface area contributed by atoms with Gasteiger partial charge < -0.3 is 5.73 Å². The second kappa shape index (κ2) is 4.88. The second-order valence-corrected chi connectivity index (χ2v) is 4.79. The van der Waals surface area contributed by atoms with Gasteiger partial charge in [-0.3, -0.25) is 0 Å². The summed E-state index contributed by atoms with van der Waals surface area (Å²) in [6.45, 7) is 0. The number of hydrogen-bond donors (Lipinski definition) is 1. The molecule has 1 aromatic carbocycles. The molecule has 0 amide bonds. The summed E-state index contributed by atoms with van der Waals surface area (Å²) in [4.78, 5) is 0. The Bertz CT molecular complexity index is 427. The molecule has 2 rings (SSSR count). The van der Waals surface area contributed by atoms with Crippen molar-refractivity contribution < 1.29 is 17.6 Å². The molecule has 1 fully saturated rings. The van der Waals surface area contributed by atoms with Gasteiger partial charge >= 0.3 is 6.18 Å². The smallest absolute Gasteiger partial charge is 0.327 e. The van der Waals surface area contributed by atoms with Crippen molar-refractivity contribution in [3.8, 4) is 0 Å². The maximum absolute atomic E-state index is 13.2. The summed E-state index contributed by atoms with van der Waals surface area (Å²) < 4.78 is 51.0. The van der Waals surface area contributed by atoms with Crippen LogP contribution in [0.3, 0.4) is 0 Å². The van der Waals surface area contributed by atoms with E-state index >= 15 is 0 Å². The highest BCUT2D eigenvalue weighted by molar-refractivity contribution is 5.31.